The molecule has 3 nitrogen and oxygen atoms in total. The lowest BCUT2D eigenvalue weighted by Gasteiger charge is -2.19. The number of rotatable bonds is 3. The molecule has 1 aromatic carbocycles. The van der Waals surface area contributed by atoms with Crippen LogP contribution >= 0.6 is 15.9 Å². The number of halogens is 1. The fourth-order valence-electron chi connectivity index (χ4n) is 2.20. The molecule has 0 bridgehead atoms. The Bertz CT molecular complexity index is 401. The summed E-state index contributed by atoms with van der Waals surface area (Å²) in [6.45, 7) is 3.68. The van der Waals surface area contributed by atoms with Gasteiger partial charge in [0, 0.05) is 30.5 Å². The third-order valence-electron chi connectivity index (χ3n) is 3.21. The smallest absolute Gasteiger partial charge is 0.222 e. The van der Waals surface area contributed by atoms with Crippen molar-refractivity contribution in [3.63, 3.8) is 0 Å². The van der Waals surface area contributed by atoms with Crippen LogP contribution in [0.2, 0.25) is 0 Å². The first-order valence-electron chi connectivity index (χ1n) is 6.48. The van der Waals surface area contributed by atoms with Crippen molar-refractivity contribution in [1.29, 1.82) is 0 Å². The third-order valence-corrected chi connectivity index (χ3v) is 3.70. The van der Waals surface area contributed by atoms with E-state index < -0.39 is 0 Å². The van der Waals surface area contributed by atoms with Crippen LogP contribution in [0.4, 0.5) is 0 Å². The molecule has 0 atom stereocenters. The van der Waals surface area contributed by atoms with E-state index in [1.54, 1.807) is 0 Å². The molecule has 18 heavy (non-hydrogen) atoms. The Balaban J connectivity index is 1.83. The highest BCUT2D eigenvalue weighted by Crippen LogP contribution is 2.13. The molecule has 98 valence electrons. The Labute approximate surface area is 117 Å². The van der Waals surface area contributed by atoms with Crippen LogP contribution in [0, 0.1) is 0 Å². The second-order valence-electron chi connectivity index (χ2n) is 4.61. The molecule has 1 amide bonds. The Morgan fingerprint density at radius 1 is 1.33 bits per heavy atom. The Morgan fingerprint density at radius 3 is 3.06 bits per heavy atom. The summed E-state index contributed by atoms with van der Waals surface area (Å²) in [4.78, 5) is 14.1. The molecule has 0 aromatic heterocycles. The van der Waals surface area contributed by atoms with Crippen molar-refractivity contribution in [3.8, 4) is 0 Å². The van der Waals surface area contributed by atoms with Crippen LogP contribution in [-0.2, 0) is 11.2 Å². The molecule has 2 rings (SSSR count). The molecule has 1 saturated heterocycles. The fraction of sp³-hybridized carbons (Fsp3) is 0.500. The summed E-state index contributed by atoms with van der Waals surface area (Å²) in [6, 6.07) is 8.17. The second-order valence-corrected chi connectivity index (χ2v) is 5.53. The number of nitrogens with one attached hydrogen (secondary N) is 1. The van der Waals surface area contributed by atoms with Gasteiger partial charge in [-0.25, -0.2) is 0 Å². The zero-order valence-corrected chi connectivity index (χ0v) is 12.1. The van der Waals surface area contributed by atoms with Gasteiger partial charge in [-0.05, 0) is 37.1 Å². The first kappa shape index (κ1) is 13.6. The summed E-state index contributed by atoms with van der Waals surface area (Å²) < 4.78 is 1.08. The van der Waals surface area contributed by atoms with Crippen molar-refractivity contribution >= 4 is 21.8 Å². The Morgan fingerprint density at radius 2 is 2.22 bits per heavy atom. The van der Waals surface area contributed by atoms with Gasteiger partial charge in [-0.3, -0.25) is 4.79 Å². The molecule has 1 heterocycles. The number of carbonyl (C=O) groups is 1. The highest BCUT2D eigenvalue weighted by atomic mass is 79.9. The molecule has 0 aliphatic carbocycles. The number of benzene rings is 1. The average Bonchev–Trinajstić information content (AvgIpc) is 2.65. The van der Waals surface area contributed by atoms with E-state index in [0.29, 0.717) is 6.42 Å². The normalized spacial score (nSPS) is 16.4. The minimum atomic E-state index is 0.277. The number of carbonyl (C=O) groups excluding carboxylic acids is 1. The van der Waals surface area contributed by atoms with E-state index in [9.17, 15) is 4.79 Å². The highest BCUT2D eigenvalue weighted by Gasteiger charge is 2.14. The van der Waals surface area contributed by atoms with Crippen LogP contribution in [0.5, 0.6) is 0 Å². The minimum absolute atomic E-state index is 0.277. The summed E-state index contributed by atoms with van der Waals surface area (Å²) in [6.07, 6.45) is 2.49. The van der Waals surface area contributed by atoms with Crippen LogP contribution in [0.1, 0.15) is 18.4 Å². The summed E-state index contributed by atoms with van der Waals surface area (Å²) in [5.74, 6) is 0.277. The maximum absolute atomic E-state index is 12.1. The van der Waals surface area contributed by atoms with Crippen molar-refractivity contribution in [2.45, 2.75) is 19.3 Å². The van der Waals surface area contributed by atoms with Crippen LogP contribution in [-0.4, -0.2) is 37.0 Å². The van der Waals surface area contributed by atoms with E-state index >= 15 is 0 Å². The SMILES string of the molecule is O=C(CCc1cccc(Br)c1)N1CCCNCC1. The van der Waals surface area contributed by atoms with Crippen LogP contribution in [0.15, 0.2) is 28.7 Å². The summed E-state index contributed by atoms with van der Waals surface area (Å²) >= 11 is 3.45. The molecular weight excluding hydrogens is 292 g/mol. The molecule has 1 aliphatic heterocycles. The van der Waals surface area contributed by atoms with Crippen molar-refractivity contribution in [2.24, 2.45) is 0 Å². The monoisotopic (exact) mass is 310 g/mol. The second kappa shape index (κ2) is 6.90. The third kappa shape index (κ3) is 4.10. The van der Waals surface area contributed by atoms with E-state index in [-0.39, 0.29) is 5.91 Å². The zero-order chi connectivity index (χ0) is 12.8. The summed E-state index contributed by atoms with van der Waals surface area (Å²) in [7, 11) is 0. The van der Waals surface area contributed by atoms with Gasteiger partial charge in [0.25, 0.3) is 0 Å². The molecule has 0 radical (unpaired) electrons. The molecule has 4 heteroatoms. The minimum Gasteiger partial charge on any atom is -0.341 e. The van der Waals surface area contributed by atoms with Crippen LogP contribution in [0.25, 0.3) is 0 Å². The largest absolute Gasteiger partial charge is 0.341 e. The van der Waals surface area contributed by atoms with Gasteiger partial charge in [-0.1, -0.05) is 28.1 Å². The molecule has 0 spiro atoms. The van der Waals surface area contributed by atoms with E-state index in [1.165, 1.54) is 5.56 Å². The molecular formula is C14H19BrN2O. The van der Waals surface area contributed by atoms with Gasteiger partial charge in [-0.2, -0.15) is 0 Å². The number of aryl methyl sites for hydroxylation is 1. The Kier molecular flexibility index (Phi) is 5.20. The van der Waals surface area contributed by atoms with Gasteiger partial charge < -0.3 is 10.2 Å². The van der Waals surface area contributed by atoms with E-state index in [0.717, 1.165) is 43.5 Å². The van der Waals surface area contributed by atoms with E-state index in [4.69, 9.17) is 0 Å². The topological polar surface area (TPSA) is 32.3 Å². The van der Waals surface area contributed by atoms with Crippen molar-refractivity contribution in [2.75, 3.05) is 26.2 Å². The molecule has 0 unspecified atom stereocenters. The molecule has 1 aliphatic rings. The average molecular weight is 311 g/mol. The first-order valence-corrected chi connectivity index (χ1v) is 7.28. The number of amides is 1. The van der Waals surface area contributed by atoms with E-state index in [1.807, 2.05) is 17.0 Å². The molecule has 0 saturated carbocycles. The van der Waals surface area contributed by atoms with Gasteiger partial charge >= 0.3 is 0 Å². The maximum Gasteiger partial charge on any atom is 0.222 e. The van der Waals surface area contributed by atoms with Crippen LogP contribution < -0.4 is 5.32 Å². The molecule has 1 aromatic rings. The quantitative estimate of drug-likeness (QED) is 0.928. The number of nitrogens with zero attached hydrogens (tertiary/aromatic N) is 1. The lowest BCUT2D eigenvalue weighted by atomic mass is 10.1. The zero-order valence-electron chi connectivity index (χ0n) is 10.5. The van der Waals surface area contributed by atoms with Crippen molar-refractivity contribution in [3.05, 3.63) is 34.3 Å². The summed E-state index contributed by atoms with van der Waals surface area (Å²) in [5, 5.41) is 3.31. The lowest BCUT2D eigenvalue weighted by molar-refractivity contribution is -0.130. The van der Waals surface area contributed by atoms with Gasteiger partial charge in [0.1, 0.15) is 0 Å². The first-order chi connectivity index (χ1) is 8.75. The van der Waals surface area contributed by atoms with Crippen molar-refractivity contribution < 1.29 is 4.79 Å². The van der Waals surface area contributed by atoms with Gasteiger partial charge in [0.15, 0.2) is 0 Å². The molecule has 1 fully saturated rings. The molecule has 1 N–H and O–H groups in total. The fourth-order valence-corrected chi connectivity index (χ4v) is 2.64. The van der Waals surface area contributed by atoms with Gasteiger partial charge in [-0.15, -0.1) is 0 Å². The summed E-state index contributed by atoms with van der Waals surface area (Å²) in [5.41, 5.74) is 1.21. The number of hydrogen-bond acceptors (Lipinski definition) is 2. The van der Waals surface area contributed by atoms with E-state index in [2.05, 4.69) is 33.4 Å². The standard InChI is InChI=1S/C14H19BrN2O/c15-13-4-1-3-12(11-13)5-6-14(18)17-9-2-7-16-8-10-17/h1,3-4,11,16H,2,5-10H2. The number of hydrogen-bond donors (Lipinski definition) is 1. The predicted molar refractivity (Wildman–Crippen MR) is 76.5 cm³/mol. The van der Waals surface area contributed by atoms with Gasteiger partial charge in [0.2, 0.25) is 5.91 Å². The highest BCUT2D eigenvalue weighted by molar-refractivity contribution is 9.10. The maximum atomic E-state index is 12.1. The van der Waals surface area contributed by atoms with Gasteiger partial charge in [0.05, 0.1) is 0 Å². The van der Waals surface area contributed by atoms with Crippen molar-refractivity contribution in [1.82, 2.24) is 10.2 Å². The lowest BCUT2D eigenvalue weighted by Crippen LogP contribution is -2.34. The predicted octanol–water partition coefficient (Wildman–Crippen LogP) is 2.20. The Hall–Kier alpha value is -0.870. The van der Waals surface area contributed by atoms with Crippen LogP contribution in [0.3, 0.4) is 0 Å².